The zero-order valence-electron chi connectivity index (χ0n) is 11.5. The second-order valence-electron chi connectivity index (χ2n) is 4.99. The van der Waals surface area contributed by atoms with Crippen molar-refractivity contribution in [3.63, 3.8) is 0 Å². The van der Waals surface area contributed by atoms with E-state index in [-0.39, 0.29) is 17.8 Å². The number of benzene rings is 1. The highest BCUT2D eigenvalue weighted by Gasteiger charge is 2.18. The minimum atomic E-state index is -0.233. The second kappa shape index (κ2) is 6.33. The van der Waals surface area contributed by atoms with Crippen molar-refractivity contribution in [3.05, 3.63) is 47.2 Å². The third-order valence-corrected chi connectivity index (χ3v) is 3.81. The van der Waals surface area contributed by atoms with E-state index in [4.69, 9.17) is 20.8 Å². The Kier molecular flexibility index (Phi) is 4.27. The van der Waals surface area contributed by atoms with Gasteiger partial charge in [-0.25, -0.2) is 0 Å². The van der Waals surface area contributed by atoms with Crippen LogP contribution < -0.4 is 5.32 Å². The van der Waals surface area contributed by atoms with Crippen molar-refractivity contribution in [1.82, 2.24) is 5.32 Å². The zero-order chi connectivity index (χ0) is 14.7. The molecule has 2 aromatic rings. The molecule has 0 aliphatic carbocycles. The molecule has 0 saturated carbocycles. The average Bonchev–Trinajstić information content (AvgIpc) is 3.17. The number of ether oxygens (including phenoxy) is 1. The van der Waals surface area contributed by atoms with Gasteiger partial charge in [0.1, 0.15) is 5.76 Å². The number of hydrogen-bond donors (Lipinski definition) is 1. The molecule has 1 fully saturated rings. The van der Waals surface area contributed by atoms with E-state index in [2.05, 4.69) is 5.32 Å². The van der Waals surface area contributed by atoms with Gasteiger partial charge in [-0.1, -0.05) is 23.7 Å². The lowest BCUT2D eigenvalue weighted by Crippen LogP contribution is -2.31. The van der Waals surface area contributed by atoms with Gasteiger partial charge < -0.3 is 14.5 Å². The molecule has 0 spiro atoms. The van der Waals surface area contributed by atoms with E-state index >= 15 is 0 Å². The Bertz CT molecular complexity index is 632. The molecule has 5 heteroatoms. The van der Waals surface area contributed by atoms with E-state index in [0.717, 1.165) is 25.0 Å². The molecule has 1 atom stereocenters. The SMILES string of the molecule is O=C(NC[C@H]1CCCO1)c1ccc(-c2ccccc2Cl)o1. The van der Waals surface area contributed by atoms with Crippen LogP contribution in [0.2, 0.25) is 5.02 Å². The van der Waals surface area contributed by atoms with Crippen LogP contribution in [0.3, 0.4) is 0 Å². The Morgan fingerprint density at radius 3 is 2.90 bits per heavy atom. The number of hydrogen-bond acceptors (Lipinski definition) is 3. The first-order chi connectivity index (χ1) is 10.2. The number of carbonyl (C=O) groups is 1. The summed E-state index contributed by atoms with van der Waals surface area (Å²) >= 11 is 6.12. The van der Waals surface area contributed by atoms with Gasteiger partial charge in [0.15, 0.2) is 5.76 Å². The van der Waals surface area contributed by atoms with Crippen molar-refractivity contribution in [2.24, 2.45) is 0 Å². The van der Waals surface area contributed by atoms with Crippen LogP contribution in [0, 0.1) is 0 Å². The smallest absolute Gasteiger partial charge is 0.287 e. The largest absolute Gasteiger partial charge is 0.451 e. The minimum absolute atomic E-state index is 0.118. The van der Waals surface area contributed by atoms with Crippen LogP contribution in [0.4, 0.5) is 0 Å². The fraction of sp³-hybridized carbons (Fsp3) is 0.312. The fourth-order valence-electron chi connectivity index (χ4n) is 2.36. The van der Waals surface area contributed by atoms with Gasteiger partial charge in [-0.15, -0.1) is 0 Å². The summed E-state index contributed by atoms with van der Waals surface area (Å²) in [7, 11) is 0. The average molecular weight is 306 g/mol. The number of furan rings is 1. The molecule has 2 heterocycles. The number of rotatable bonds is 4. The number of amides is 1. The van der Waals surface area contributed by atoms with Gasteiger partial charge in [0.05, 0.1) is 11.1 Å². The number of halogens is 1. The van der Waals surface area contributed by atoms with Crippen LogP contribution in [-0.4, -0.2) is 25.2 Å². The van der Waals surface area contributed by atoms with E-state index in [9.17, 15) is 4.79 Å². The maximum atomic E-state index is 12.0. The van der Waals surface area contributed by atoms with Crippen LogP contribution in [-0.2, 0) is 4.74 Å². The van der Waals surface area contributed by atoms with Crippen LogP contribution >= 0.6 is 11.6 Å². The molecule has 1 aliphatic rings. The Morgan fingerprint density at radius 1 is 1.29 bits per heavy atom. The van der Waals surface area contributed by atoms with E-state index in [1.165, 1.54) is 0 Å². The van der Waals surface area contributed by atoms with Crippen molar-refractivity contribution < 1.29 is 13.9 Å². The quantitative estimate of drug-likeness (QED) is 0.940. The second-order valence-corrected chi connectivity index (χ2v) is 5.40. The van der Waals surface area contributed by atoms with Crippen LogP contribution in [0.5, 0.6) is 0 Å². The summed E-state index contributed by atoms with van der Waals surface area (Å²) in [6.07, 6.45) is 2.16. The van der Waals surface area contributed by atoms with Crippen LogP contribution in [0.15, 0.2) is 40.8 Å². The highest BCUT2D eigenvalue weighted by Crippen LogP contribution is 2.28. The normalized spacial score (nSPS) is 17.9. The lowest BCUT2D eigenvalue weighted by molar-refractivity contribution is 0.0836. The summed E-state index contributed by atoms with van der Waals surface area (Å²) in [6.45, 7) is 1.29. The maximum absolute atomic E-state index is 12.0. The zero-order valence-corrected chi connectivity index (χ0v) is 12.2. The molecule has 1 saturated heterocycles. The number of carbonyl (C=O) groups excluding carboxylic acids is 1. The molecule has 21 heavy (non-hydrogen) atoms. The lowest BCUT2D eigenvalue weighted by Gasteiger charge is -2.09. The van der Waals surface area contributed by atoms with Crippen molar-refractivity contribution in [3.8, 4) is 11.3 Å². The van der Waals surface area contributed by atoms with Crippen LogP contribution in [0.1, 0.15) is 23.4 Å². The van der Waals surface area contributed by atoms with Gasteiger partial charge in [-0.3, -0.25) is 4.79 Å². The summed E-state index contributed by atoms with van der Waals surface area (Å²) in [4.78, 5) is 12.0. The molecule has 1 amide bonds. The topological polar surface area (TPSA) is 51.5 Å². The van der Waals surface area contributed by atoms with Crippen molar-refractivity contribution in [1.29, 1.82) is 0 Å². The van der Waals surface area contributed by atoms with E-state index in [0.29, 0.717) is 17.3 Å². The molecule has 4 nitrogen and oxygen atoms in total. The predicted molar refractivity (Wildman–Crippen MR) is 80.5 cm³/mol. The van der Waals surface area contributed by atoms with E-state index < -0.39 is 0 Å². The van der Waals surface area contributed by atoms with Gasteiger partial charge in [0.2, 0.25) is 0 Å². The molecule has 1 aromatic heterocycles. The molecule has 1 aliphatic heterocycles. The summed E-state index contributed by atoms with van der Waals surface area (Å²) in [5, 5.41) is 3.43. The maximum Gasteiger partial charge on any atom is 0.287 e. The first-order valence-corrected chi connectivity index (χ1v) is 7.36. The first-order valence-electron chi connectivity index (χ1n) is 6.98. The van der Waals surface area contributed by atoms with Crippen molar-refractivity contribution in [2.45, 2.75) is 18.9 Å². The highest BCUT2D eigenvalue weighted by atomic mass is 35.5. The fourth-order valence-corrected chi connectivity index (χ4v) is 2.59. The van der Waals surface area contributed by atoms with Gasteiger partial charge in [-0.2, -0.15) is 0 Å². The monoisotopic (exact) mass is 305 g/mol. The summed E-state index contributed by atoms with van der Waals surface area (Å²) in [6, 6.07) is 10.8. The van der Waals surface area contributed by atoms with E-state index in [1.54, 1.807) is 18.2 Å². The Hall–Kier alpha value is -1.78. The van der Waals surface area contributed by atoms with Gasteiger partial charge >= 0.3 is 0 Å². The minimum Gasteiger partial charge on any atom is -0.451 e. The first kappa shape index (κ1) is 14.2. The Balaban J connectivity index is 1.66. The molecule has 110 valence electrons. The predicted octanol–water partition coefficient (Wildman–Crippen LogP) is 3.51. The lowest BCUT2D eigenvalue weighted by atomic mass is 10.2. The molecular formula is C16H16ClNO3. The molecule has 1 N–H and O–H groups in total. The summed E-state index contributed by atoms with van der Waals surface area (Å²) < 4.78 is 11.1. The third kappa shape index (κ3) is 3.28. The third-order valence-electron chi connectivity index (χ3n) is 3.48. The standard InChI is InChI=1S/C16H16ClNO3/c17-13-6-2-1-5-12(13)14-7-8-15(21-14)16(19)18-10-11-4-3-9-20-11/h1-2,5-8,11H,3-4,9-10H2,(H,18,19)/t11-/m1/s1. The summed E-state index contributed by atoms with van der Waals surface area (Å²) in [5.74, 6) is 0.634. The van der Waals surface area contributed by atoms with Crippen molar-refractivity contribution >= 4 is 17.5 Å². The highest BCUT2D eigenvalue weighted by molar-refractivity contribution is 6.33. The Morgan fingerprint density at radius 2 is 2.14 bits per heavy atom. The van der Waals surface area contributed by atoms with Gasteiger partial charge in [-0.05, 0) is 37.1 Å². The molecule has 0 radical (unpaired) electrons. The van der Waals surface area contributed by atoms with Gasteiger partial charge in [0.25, 0.3) is 5.91 Å². The van der Waals surface area contributed by atoms with E-state index in [1.807, 2.05) is 18.2 Å². The summed E-state index contributed by atoms with van der Waals surface area (Å²) in [5.41, 5.74) is 0.775. The van der Waals surface area contributed by atoms with Crippen LogP contribution in [0.25, 0.3) is 11.3 Å². The van der Waals surface area contributed by atoms with Gasteiger partial charge in [0, 0.05) is 18.7 Å². The molecule has 1 aromatic carbocycles. The molecular weight excluding hydrogens is 290 g/mol. The molecule has 3 rings (SSSR count). The van der Waals surface area contributed by atoms with Crippen molar-refractivity contribution in [2.75, 3.05) is 13.2 Å². The molecule has 0 unspecified atom stereocenters. The molecule has 0 bridgehead atoms. The Labute approximate surface area is 128 Å². The number of nitrogens with one attached hydrogen (secondary N) is 1.